The molecule has 1 aromatic heterocycles. The summed E-state index contributed by atoms with van der Waals surface area (Å²) >= 11 is 7.95. The van der Waals surface area contributed by atoms with Crippen molar-refractivity contribution in [2.24, 2.45) is 0 Å². The second-order valence-corrected chi connectivity index (χ2v) is 9.03. The number of hydrogen-bond acceptors (Lipinski definition) is 3. The van der Waals surface area contributed by atoms with Crippen LogP contribution >= 0.6 is 23.4 Å². The Bertz CT molecular complexity index is 1290. The quantitative estimate of drug-likeness (QED) is 0.219. The number of para-hydroxylation sites is 1. The molecule has 0 amide bonds. The van der Waals surface area contributed by atoms with Crippen LogP contribution in [-0.4, -0.2) is 28.4 Å². The smallest absolute Gasteiger partial charge is 0.352 e. The number of aromatic nitrogens is 1. The van der Waals surface area contributed by atoms with Crippen molar-refractivity contribution in [3.8, 4) is 0 Å². The topological polar surface area (TPSA) is 54.3 Å². The minimum atomic E-state index is -1.01. The number of nitrogens with zero attached hydrogens (tertiary/aromatic N) is 1. The number of thioether (sulfide) groups is 1. The Balaban J connectivity index is 1.59. The standard InChI is InChI=1S/C26H24ClFN2O2S/c1-33-20-10-6-17(7-11-20)12-13-29-15-22-21-4-2-3-5-24(21)30(25(22)26(31)32)16-18-8-9-19(28)14-23(18)27/h2-11,14,29H,12-13,15-16H2,1H3,(H,31,32). The van der Waals surface area contributed by atoms with E-state index in [0.717, 1.165) is 29.4 Å². The molecular formula is C26H24ClFN2O2S. The lowest BCUT2D eigenvalue weighted by molar-refractivity contribution is 0.0684. The van der Waals surface area contributed by atoms with Crippen molar-refractivity contribution in [1.82, 2.24) is 9.88 Å². The fourth-order valence-electron chi connectivity index (χ4n) is 4.02. The molecule has 0 aliphatic rings. The van der Waals surface area contributed by atoms with Crippen LogP contribution in [0.2, 0.25) is 5.02 Å². The first kappa shape index (κ1) is 23.4. The summed E-state index contributed by atoms with van der Waals surface area (Å²) in [6, 6.07) is 20.2. The van der Waals surface area contributed by atoms with Gasteiger partial charge in [0.05, 0.1) is 0 Å². The monoisotopic (exact) mass is 482 g/mol. The van der Waals surface area contributed by atoms with Crippen molar-refractivity contribution < 1.29 is 14.3 Å². The first-order valence-corrected chi connectivity index (χ1v) is 12.2. The summed E-state index contributed by atoms with van der Waals surface area (Å²) in [5.41, 5.74) is 3.64. The van der Waals surface area contributed by atoms with Gasteiger partial charge in [-0.25, -0.2) is 9.18 Å². The third-order valence-electron chi connectivity index (χ3n) is 5.67. The molecule has 0 spiro atoms. The Morgan fingerprint density at radius 1 is 1.12 bits per heavy atom. The predicted molar refractivity (Wildman–Crippen MR) is 133 cm³/mol. The minimum Gasteiger partial charge on any atom is -0.477 e. The van der Waals surface area contributed by atoms with E-state index in [1.807, 2.05) is 24.3 Å². The number of hydrogen-bond donors (Lipinski definition) is 2. The molecule has 4 rings (SSSR count). The number of carboxylic acids is 1. The Morgan fingerprint density at radius 2 is 1.88 bits per heavy atom. The van der Waals surface area contributed by atoms with Crippen molar-refractivity contribution in [3.05, 3.63) is 100.0 Å². The van der Waals surface area contributed by atoms with Crippen LogP contribution in [0.5, 0.6) is 0 Å². The molecule has 2 N–H and O–H groups in total. The lowest BCUT2D eigenvalue weighted by Crippen LogP contribution is -2.19. The summed E-state index contributed by atoms with van der Waals surface area (Å²) in [5, 5.41) is 14.6. The average Bonchev–Trinajstić information content (AvgIpc) is 3.12. The van der Waals surface area contributed by atoms with Crippen LogP contribution in [0, 0.1) is 5.82 Å². The fourth-order valence-corrected chi connectivity index (χ4v) is 4.66. The molecule has 0 atom stereocenters. The normalized spacial score (nSPS) is 11.2. The molecule has 7 heteroatoms. The lowest BCUT2D eigenvalue weighted by atomic mass is 10.1. The highest BCUT2D eigenvalue weighted by atomic mass is 35.5. The van der Waals surface area contributed by atoms with Crippen LogP contribution in [-0.2, 0) is 19.5 Å². The van der Waals surface area contributed by atoms with Gasteiger partial charge in [0.15, 0.2) is 0 Å². The van der Waals surface area contributed by atoms with E-state index in [0.29, 0.717) is 12.1 Å². The number of benzene rings is 3. The van der Waals surface area contributed by atoms with E-state index >= 15 is 0 Å². The molecule has 4 aromatic rings. The number of aromatic carboxylic acids is 1. The van der Waals surface area contributed by atoms with Gasteiger partial charge in [-0.1, -0.05) is 48.0 Å². The largest absolute Gasteiger partial charge is 0.477 e. The van der Waals surface area contributed by atoms with Crippen LogP contribution in [0.3, 0.4) is 0 Å². The Labute approximate surface area is 201 Å². The molecule has 0 radical (unpaired) electrons. The number of halogens is 2. The van der Waals surface area contributed by atoms with E-state index in [4.69, 9.17) is 11.6 Å². The van der Waals surface area contributed by atoms with Gasteiger partial charge >= 0.3 is 5.97 Å². The molecule has 170 valence electrons. The molecular weight excluding hydrogens is 459 g/mol. The van der Waals surface area contributed by atoms with E-state index in [-0.39, 0.29) is 17.3 Å². The van der Waals surface area contributed by atoms with Crippen molar-refractivity contribution >= 4 is 40.2 Å². The Morgan fingerprint density at radius 3 is 2.58 bits per heavy atom. The van der Waals surface area contributed by atoms with E-state index < -0.39 is 11.8 Å². The van der Waals surface area contributed by atoms with E-state index in [2.05, 4.69) is 35.8 Å². The zero-order chi connectivity index (χ0) is 23.4. The van der Waals surface area contributed by atoms with Gasteiger partial charge in [-0.2, -0.15) is 0 Å². The van der Waals surface area contributed by atoms with E-state index in [9.17, 15) is 14.3 Å². The molecule has 0 saturated heterocycles. The zero-order valence-electron chi connectivity index (χ0n) is 18.1. The lowest BCUT2D eigenvalue weighted by Gasteiger charge is -2.11. The molecule has 0 fully saturated rings. The van der Waals surface area contributed by atoms with Crippen LogP contribution in [0.15, 0.2) is 71.6 Å². The second-order valence-electron chi connectivity index (χ2n) is 7.75. The summed E-state index contributed by atoms with van der Waals surface area (Å²) in [6.45, 7) is 1.39. The number of rotatable bonds is 9. The highest BCUT2D eigenvalue weighted by Gasteiger charge is 2.22. The molecule has 0 unspecified atom stereocenters. The summed E-state index contributed by atoms with van der Waals surface area (Å²) in [6.07, 6.45) is 2.90. The van der Waals surface area contributed by atoms with Gasteiger partial charge in [0, 0.05) is 39.5 Å². The molecule has 0 aliphatic carbocycles. The van der Waals surface area contributed by atoms with Crippen LogP contribution < -0.4 is 5.32 Å². The number of carbonyl (C=O) groups is 1. The molecule has 0 saturated carbocycles. The zero-order valence-corrected chi connectivity index (χ0v) is 19.7. The number of carboxylic acid groups (broad SMARTS) is 1. The fraction of sp³-hybridized carbons (Fsp3) is 0.192. The van der Waals surface area contributed by atoms with Gasteiger partial charge in [-0.3, -0.25) is 0 Å². The van der Waals surface area contributed by atoms with Crippen LogP contribution in [0.25, 0.3) is 10.9 Å². The summed E-state index contributed by atoms with van der Waals surface area (Å²) in [7, 11) is 0. The highest BCUT2D eigenvalue weighted by Crippen LogP contribution is 2.29. The maximum atomic E-state index is 13.5. The summed E-state index contributed by atoms with van der Waals surface area (Å²) in [4.78, 5) is 13.5. The highest BCUT2D eigenvalue weighted by molar-refractivity contribution is 7.98. The van der Waals surface area contributed by atoms with Gasteiger partial charge < -0.3 is 15.0 Å². The third-order valence-corrected chi connectivity index (χ3v) is 6.77. The van der Waals surface area contributed by atoms with Crippen molar-refractivity contribution in [2.45, 2.75) is 24.4 Å². The SMILES string of the molecule is CSc1ccc(CCNCc2c(C(=O)O)n(Cc3ccc(F)cc3Cl)c3ccccc23)cc1. The molecule has 0 aliphatic heterocycles. The summed E-state index contributed by atoms with van der Waals surface area (Å²) in [5.74, 6) is -1.43. The van der Waals surface area contributed by atoms with Crippen molar-refractivity contribution in [2.75, 3.05) is 12.8 Å². The van der Waals surface area contributed by atoms with Gasteiger partial charge in [0.25, 0.3) is 0 Å². The van der Waals surface area contributed by atoms with Crippen molar-refractivity contribution in [3.63, 3.8) is 0 Å². The predicted octanol–water partition coefficient (Wildman–Crippen LogP) is 6.23. The van der Waals surface area contributed by atoms with E-state index in [1.54, 1.807) is 22.4 Å². The van der Waals surface area contributed by atoms with Crippen molar-refractivity contribution in [1.29, 1.82) is 0 Å². The molecule has 33 heavy (non-hydrogen) atoms. The molecule has 0 bridgehead atoms. The second kappa shape index (κ2) is 10.4. The molecule has 4 nitrogen and oxygen atoms in total. The summed E-state index contributed by atoms with van der Waals surface area (Å²) < 4.78 is 15.2. The maximum absolute atomic E-state index is 13.5. The third kappa shape index (κ3) is 5.24. The van der Waals surface area contributed by atoms with Crippen LogP contribution in [0.1, 0.15) is 27.2 Å². The first-order chi connectivity index (χ1) is 16.0. The van der Waals surface area contributed by atoms with Gasteiger partial charge in [0.2, 0.25) is 0 Å². The minimum absolute atomic E-state index is 0.216. The first-order valence-electron chi connectivity index (χ1n) is 10.6. The maximum Gasteiger partial charge on any atom is 0.352 e. The number of fused-ring (bicyclic) bond motifs is 1. The Hall–Kier alpha value is -2.80. The van der Waals surface area contributed by atoms with Gasteiger partial charge in [-0.15, -0.1) is 11.8 Å². The van der Waals surface area contributed by atoms with Crippen LogP contribution in [0.4, 0.5) is 4.39 Å². The number of nitrogens with one attached hydrogen (secondary N) is 1. The van der Waals surface area contributed by atoms with E-state index in [1.165, 1.54) is 22.6 Å². The van der Waals surface area contributed by atoms with Gasteiger partial charge in [-0.05, 0) is 60.7 Å². The van der Waals surface area contributed by atoms with Gasteiger partial charge in [0.1, 0.15) is 11.5 Å². The molecule has 3 aromatic carbocycles. The Kier molecular flexibility index (Phi) is 7.38. The molecule has 1 heterocycles. The average molecular weight is 483 g/mol.